The van der Waals surface area contributed by atoms with E-state index in [-0.39, 0.29) is 18.1 Å². The molecule has 0 saturated heterocycles. The molecule has 2 saturated carbocycles. The van der Waals surface area contributed by atoms with E-state index in [1.807, 2.05) is 0 Å². The monoisotopic (exact) mass is 328 g/mol. The topological polar surface area (TPSA) is 69.9 Å². The minimum absolute atomic E-state index is 0.159. The van der Waals surface area contributed by atoms with Crippen molar-refractivity contribution >= 4 is 0 Å². The van der Waals surface area contributed by atoms with Crippen molar-refractivity contribution in [2.75, 3.05) is 0 Å². The van der Waals surface area contributed by atoms with Gasteiger partial charge in [0.05, 0.1) is 18.3 Å². The molecule has 7 atom stereocenters. The average molecular weight is 328 g/mol. The molecular weight excluding hydrogens is 292 g/mol. The first-order valence-electron chi connectivity index (χ1n) is 9.56. The molecular formula is C19H36O4. The van der Waals surface area contributed by atoms with Crippen LogP contribution in [0.3, 0.4) is 0 Å². The third-order valence-corrected chi connectivity index (χ3v) is 6.01. The highest BCUT2D eigenvalue weighted by molar-refractivity contribution is 4.82. The quantitative estimate of drug-likeness (QED) is 0.655. The Kier molecular flexibility index (Phi) is 7.33. The lowest BCUT2D eigenvalue weighted by Gasteiger charge is -2.38. The standard InChI is InChI=1S/C19H36O4/c1-12(2)16-8-4-13(3)10-18(16)23-19(22)9-6-14-5-7-15(20)11-17(14)21/h12-22H,4-11H2,1-3H3/t13-,14?,15?,16+,17?,18-,19?/m1/s1. The molecule has 0 amide bonds. The minimum Gasteiger partial charge on any atom is -0.393 e. The Hall–Kier alpha value is -0.160. The molecule has 0 bridgehead atoms. The second kappa shape index (κ2) is 8.80. The van der Waals surface area contributed by atoms with Crippen LogP contribution < -0.4 is 0 Å². The molecule has 2 aliphatic carbocycles. The van der Waals surface area contributed by atoms with Crippen LogP contribution in [0, 0.1) is 23.7 Å². The van der Waals surface area contributed by atoms with Gasteiger partial charge in [-0.05, 0) is 68.6 Å². The van der Waals surface area contributed by atoms with Crippen LogP contribution in [-0.4, -0.2) is 39.9 Å². The van der Waals surface area contributed by atoms with Crippen LogP contribution in [0.25, 0.3) is 0 Å². The first-order chi connectivity index (χ1) is 10.9. The highest BCUT2D eigenvalue weighted by Crippen LogP contribution is 2.36. The third kappa shape index (κ3) is 5.70. The van der Waals surface area contributed by atoms with E-state index in [4.69, 9.17) is 4.74 Å². The van der Waals surface area contributed by atoms with Crippen LogP contribution in [0.15, 0.2) is 0 Å². The number of aliphatic hydroxyl groups excluding tert-OH is 3. The zero-order chi connectivity index (χ0) is 17.0. The Morgan fingerprint density at radius 3 is 2.43 bits per heavy atom. The highest BCUT2D eigenvalue weighted by Gasteiger charge is 2.33. The van der Waals surface area contributed by atoms with Gasteiger partial charge in [0.25, 0.3) is 0 Å². The van der Waals surface area contributed by atoms with Crippen molar-refractivity contribution in [1.29, 1.82) is 0 Å². The summed E-state index contributed by atoms with van der Waals surface area (Å²) in [5, 5.41) is 29.9. The molecule has 0 spiro atoms. The summed E-state index contributed by atoms with van der Waals surface area (Å²) >= 11 is 0. The van der Waals surface area contributed by atoms with Gasteiger partial charge < -0.3 is 20.1 Å². The molecule has 4 unspecified atom stereocenters. The van der Waals surface area contributed by atoms with Crippen LogP contribution in [0.2, 0.25) is 0 Å². The van der Waals surface area contributed by atoms with Crippen LogP contribution in [0.4, 0.5) is 0 Å². The van der Waals surface area contributed by atoms with E-state index < -0.39 is 12.4 Å². The van der Waals surface area contributed by atoms with Gasteiger partial charge in [0, 0.05) is 0 Å². The summed E-state index contributed by atoms with van der Waals surface area (Å²) in [7, 11) is 0. The number of rotatable bonds is 6. The maximum absolute atomic E-state index is 10.3. The molecule has 2 aliphatic rings. The molecule has 0 heterocycles. The molecule has 0 aliphatic heterocycles. The maximum atomic E-state index is 10.3. The normalized spacial score (nSPS) is 40.3. The van der Waals surface area contributed by atoms with Crippen molar-refractivity contribution in [2.24, 2.45) is 23.7 Å². The zero-order valence-corrected chi connectivity index (χ0v) is 15.0. The predicted octanol–water partition coefficient (Wildman–Crippen LogP) is 3.08. The van der Waals surface area contributed by atoms with E-state index in [9.17, 15) is 15.3 Å². The van der Waals surface area contributed by atoms with Crippen molar-refractivity contribution in [1.82, 2.24) is 0 Å². The van der Waals surface area contributed by atoms with Crippen molar-refractivity contribution in [3.63, 3.8) is 0 Å². The zero-order valence-electron chi connectivity index (χ0n) is 15.0. The lowest BCUT2D eigenvalue weighted by Crippen LogP contribution is -2.37. The summed E-state index contributed by atoms with van der Waals surface area (Å²) in [5.74, 6) is 1.98. The number of hydrogen-bond acceptors (Lipinski definition) is 4. The van der Waals surface area contributed by atoms with Gasteiger partial charge in [-0.3, -0.25) is 0 Å². The fraction of sp³-hybridized carbons (Fsp3) is 1.00. The van der Waals surface area contributed by atoms with Gasteiger partial charge in [-0.15, -0.1) is 0 Å². The average Bonchev–Trinajstić information content (AvgIpc) is 2.46. The Balaban J connectivity index is 1.77. The van der Waals surface area contributed by atoms with Crippen LogP contribution >= 0.6 is 0 Å². The van der Waals surface area contributed by atoms with Gasteiger partial charge in [-0.2, -0.15) is 0 Å². The number of ether oxygens (including phenoxy) is 1. The van der Waals surface area contributed by atoms with Gasteiger partial charge in [0.15, 0.2) is 6.29 Å². The second-order valence-corrected chi connectivity index (χ2v) is 8.33. The van der Waals surface area contributed by atoms with E-state index in [0.717, 1.165) is 25.7 Å². The van der Waals surface area contributed by atoms with Crippen molar-refractivity contribution in [2.45, 2.75) is 96.7 Å². The van der Waals surface area contributed by atoms with Gasteiger partial charge in [-0.1, -0.05) is 27.2 Å². The molecule has 0 aromatic heterocycles. The lowest BCUT2D eigenvalue weighted by atomic mass is 9.75. The highest BCUT2D eigenvalue weighted by atomic mass is 16.6. The van der Waals surface area contributed by atoms with Gasteiger partial charge in [0.2, 0.25) is 0 Å². The van der Waals surface area contributed by atoms with Gasteiger partial charge >= 0.3 is 0 Å². The number of aliphatic hydroxyl groups is 3. The first-order valence-corrected chi connectivity index (χ1v) is 9.56. The Labute approximate surface area is 141 Å². The Morgan fingerprint density at radius 1 is 1.04 bits per heavy atom. The van der Waals surface area contributed by atoms with Crippen molar-refractivity contribution < 1.29 is 20.1 Å². The largest absolute Gasteiger partial charge is 0.393 e. The smallest absolute Gasteiger partial charge is 0.154 e. The maximum Gasteiger partial charge on any atom is 0.154 e. The van der Waals surface area contributed by atoms with E-state index in [2.05, 4.69) is 20.8 Å². The SMILES string of the molecule is CC(C)[C@@H]1CC[C@@H](C)C[C@H]1OC(O)CCC1CCC(O)CC1O. The summed E-state index contributed by atoms with van der Waals surface area (Å²) in [6, 6.07) is 0. The van der Waals surface area contributed by atoms with Gasteiger partial charge in [-0.25, -0.2) is 0 Å². The fourth-order valence-electron chi connectivity index (χ4n) is 4.42. The van der Waals surface area contributed by atoms with E-state index in [0.29, 0.717) is 30.6 Å². The first kappa shape index (κ1) is 19.2. The molecule has 4 nitrogen and oxygen atoms in total. The summed E-state index contributed by atoms with van der Waals surface area (Å²) in [6.07, 6.45) is 5.52. The summed E-state index contributed by atoms with van der Waals surface area (Å²) in [5.41, 5.74) is 0. The summed E-state index contributed by atoms with van der Waals surface area (Å²) < 4.78 is 6.01. The molecule has 0 aromatic rings. The lowest BCUT2D eigenvalue weighted by molar-refractivity contribution is -0.174. The second-order valence-electron chi connectivity index (χ2n) is 8.33. The molecule has 0 radical (unpaired) electrons. The Bertz CT molecular complexity index is 346. The summed E-state index contributed by atoms with van der Waals surface area (Å²) in [6.45, 7) is 6.75. The third-order valence-electron chi connectivity index (χ3n) is 6.01. The predicted molar refractivity (Wildman–Crippen MR) is 90.8 cm³/mol. The molecule has 23 heavy (non-hydrogen) atoms. The van der Waals surface area contributed by atoms with Crippen LogP contribution in [0.1, 0.15) is 72.1 Å². The molecule has 2 rings (SSSR count). The van der Waals surface area contributed by atoms with Crippen LogP contribution in [-0.2, 0) is 4.74 Å². The van der Waals surface area contributed by atoms with Crippen LogP contribution in [0.5, 0.6) is 0 Å². The Morgan fingerprint density at radius 2 is 1.78 bits per heavy atom. The molecule has 136 valence electrons. The van der Waals surface area contributed by atoms with E-state index >= 15 is 0 Å². The summed E-state index contributed by atoms with van der Waals surface area (Å²) in [4.78, 5) is 0. The van der Waals surface area contributed by atoms with Crippen molar-refractivity contribution in [3.8, 4) is 0 Å². The number of hydrogen-bond donors (Lipinski definition) is 3. The minimum atomic E-state index is -0.731. The van der Waals surface area contributed by atoms with E-state index in [1.165, 1.54) is 12.8 Å². The van der Waals surface area contributed by atoms with Crippen molar-refractivity contribution in [3.05, 3.63) is 0 Å². The molecule has 3 N–H and O–H groups in total. The molecule has 4 heteroatoms. The molecule has 2 fully saturated rings. The van der Waals surface area contributed by atoms with Gasteiger partial charge in [0.1, 0.15) is 0 Å². The molecule has 0 aromatic carbocycles. The fourth-order valence-corrected chi connectivity index (χ4v) is 4.42. The van der Waals surface area contributed by atoms with E-state index in [1.54, 1.807) is 0 Å².